The lowest BCUT2D eigenvalue weighted by Crippen LogP contribution is -2.40. The molecule has 1 aromatic carbocycles. The third kappa shape index (κ3) is 3.79. The Hall–Kier alpha value is -3.04. The van der Waals surface area contributed by atoms with Crippen LogP contribution in [0.4, 0.5) is 5.82 Å². The van der Waals surface area contributed by atoms with E-state index < -0.39 is 0 Å². The Morgan fingerprint density at radius 2 is 1.93 bits per heavy atom. The zero-order valence-electron chi connectivity index (χ0n) is 16.0. The predicted molar refractivity (Wildman–Crippen MR) is 107 cm³/mol. The van der Waals surface area contributed by atoms with Crippen molar-refractivity contribution in [1.29, 1.82) is 0 Å². The molecule has 0 aliphatic carbocycles. The standard InChI is InChI=1S/C20H23N7O2/c28-19-11-16(27-21-7-8-22-27)1-2-17(19)18-3-4-20(25-24-18)26-9-5-14(12-26)23-15-6-10-29-13-15/h1-4,7-8,11,14-15,23,28H,5-6,9-10,12-13H2/t14-,15-/m0/s1. The first-order chi connectivity index (χ1) is 14.3. The largest absolute Gasteiger partial charge is 0.507 e. The van der Waals surface area contributed by atoms with Gasteiger partial charge in [0, 0.05) is 43.4 Å². The van der Waals surface area contributed by atoms with Crippen molar-refractivity contribution in [2.24, 2.45) is 0 Å². The summed E-state index contributed by atoms with van der Waals surface area (Å²) >= 11 is 0. The van der Waals surface area contributed by atoms with Crippen LogP contribution in [0.25, 0.3) is 16.9 Å². The van der Waals surface area contributed by atoms with Gasteiger partial charge in [0.1, 0.15) is 5.75 Å². The first kappa shape index (κ1) is 18.0. The topological polar surface area (TPSA) is 101 Å². The van der Waals surface area contributed by atoms with Gasteiger partial charge >= 0.3 is 0 Å². The van der Waals surface area contributed by atoms with Crippen LogP contribution >= 0.6 is 0 Å². The van der Waals surface area contributed by atoms with Gasteiger partial charge in [0.25, 0.3) is 0 Å². The third-order valence-electron chi connectivity index (χ3n) is 5.47. The van der Waals surface area contributed by atoms with Gasteiger partial charge in [-0.1, -0.05) is 0 Å². The second-order valence-electron chi connectivity index (χ2n) is 7.46. The van der Waals surface area contributed by atoms with Crippen LogP contribution in [0.15, 0.2) is 42.7 Å². The fourth-order valence-electron chi connectivity index (χ4n) is 3.95. The highest BCUT2D eigenvalue weighted by Gasteiger charge is 2.27. The molecule has 9 heteroatoms. The van der Waals surface area contributed by atoms with Crippen molar-refractivity contribution in [2.75, 3.05) is 31.2 Å². The van der Waals surface area contributed by atoms with Gasteiger partial charge in [0.2, 0.25) is 0 Å². The summed E-state index contributed by atoms with van der Waals surface area (Å²) in [7, 11) is 0. The lowest BCUT2D eigenvalue weighted by Gasteiger charge is -2.19. The number of phenolic OH excluding ortho intramolecular Hbond substituents is 1. The van der Waals surface area contributed by atoms with Crippen LogP contribution in [0.5, 0.6) is 5.75 Å². The van der Waals surface area contributed by atoms with E-state index in [0.717, 1.165) is 45.0 Å². The van der Waals surface area contributed by atoms with Gasteiger partial charge in [0.15, 0.2) is 5.82 Å². The molecule has 2 fully saturated rings. The number of aromatic nitrogens is 5. The normalized spacial score (nSPS) is 21.7. The average Bonchev–Trinajstić information content (AvgIpc) is 3.52. The first-order valence-corrected chi connectivity index (χ1v) is 9.89. The fourth-order valence-corrected chi connectivity index (χ4v) is 3.95. The van der Waals surface area contributed by atoms with Crippen molar-refractivity contribution in [3.05, 3.63) is 42.7 Å². The second-order valence-corrected chi connectivity index (χ2v) is 7.46. The minimum absolute atomic E-state index is 0.117. The maximum absolute atomic E-state index is 10.4. The highest BCUT2D eigenvalue weighted by Crippen LogP contribution is 2.30. The van der Waals surface area contributed by atoms with Gasteiger partial charge in [-0.2, -0.15) is 15.0 Å². The number of aromatic hydroxyl groups is 1. The Balaban J connectivity index is 1.27. The molecule has 2 atom stereocenters. The number of nitrogens with one attached hydrogen (secondary N) is 1. The summed E-state index contributed by atoms with van der Waals surface area (Å²) in [4.78, 5) is 3.70. The average molecular weight is 393 g/mol. The van der Waals surface area contributed by atoms with Gasteiger partial charge in [-0.3, -0.25) is 0 Å². The second kappa shape index (κ2) is 7.76. The minimum Gasteiger partial charge on any atom is -0.507 e. The zero-order chi connectivity index (χ0) is 19.6. The van der Waals surface area contributed by atoms with E-state index in [9.17, 15) is 5.11 Å². The van der Waals surface area contributed by atoms with Crippen molar-refractivity contribution in [2.45, 2.75) is 24.9 Å². The molecule has 5 rings (SSSR count). The Bertz CT molecular complexity index is 955. The highest BCUT2D eigenvalue weighted by atomic mass is 16.5. The number of ether oxygens (including phenoxy) is 1. The molecule has 150 valence electrons. The molecule has 2 aliphatic rings. The fraction of sp³-hybridized carbons (Fsp3) is 0.400. The van der Waals surface area contributed by atoms with Crippen molar-refractivity contribution in [3.8, 4) is 22.7 Å². The molecule has 0 bridgehead atoms. The van der Waals surface area contributed by atoms with E-state index in [1.54, 1.807) is 24.5 Å². The first-order valence-electron chi connectivity index (χ1n) is 9.89. The van der Waals surface area contributed by atoms with Crippen LogP contribution in [0.3, 0.4) is 0 Å². The van der Waals surface area contributed by atoms with Crippen LogP contribution in [0.2, 0.25) is 0 Å². The summed E-state index contributed by atoms with van der Waals surface area (Å²) in [5, 5.41) is 31.0. The molecule has 0 spiro atoms. The number of phenols is 1. The molecular weight excluding hydrogens is 370 g/mol. The highest BCUT2D eigenvalue weighted by molar-refractivity contribution is 5.68. The molecule has 29 heavy (non-hydrogen) atoms. The zero-order valence-corrected chi connectivity index (χ0v) is 16.0. The van der Waals surface area contributed by atoms with E-state index >= 15 is 0 Å². The quantitative estimate of drug-likeness (QED) is 0.671. The maximum atomic E-state index is 10.4. The van der Waals surface area contributed by atoms with Crippen molar-refractivity contribution in [1.82, 2.24) is 30.5 Å². The molecule has 9 nitrogen and oxygen atoms in total. The lowest BCUT2D eigenvalue weighted by atomic mass is 10.1. The molecule has 2 aromatic heterocycles. The monoisotopic (exact) mass is 393 g/mol. The number of hydrogen-bond acceptors (Lipinski definition) is 8. The Morgan fingerprint density at radius 3 is 2.66 bits per heavy atom. The van der Waals surface area contributed by atoms with E-state index in [0.29, 0.717) is 29.0 Å². The smallest absolute Gasteiger partial charge is 0.151 e. The van der Waals surface area contributed by atoms with Crippen molar-refractivity contribution >= 4 is 5.82 Å². The molecule has 4 heterocycles. The Labute approximate surface area is 168 Å². The van der Waals surface area contributed by atoms with Crippen LogP contribution in [0, 0.1) is 0 Å². The molecule has 3 aromatic rings. The van der Waals surface area contributed by atoms with E-state index in [1.807, 2.05) is 18.2 Å². The number of rotatable bonds is 5. The van der Waals surface area contributed by atoms with E-state index in [2.05, 4.69) is 30.6 Å². The van der Waals surface area contributed by atoms with Gasteiger partial charge in [-0.15, -0.1) is 10.2 Å². The minimum atomic E-state index is 0.117. The SMILES string of the molecule is Oc1cc(-n2nccn2)ccc1-c1ccc(N2CC[C@H](N[C@H]3CCOC3)C2)nn1. The Morgan fingerprint density at radius 1 is 1.03 bits per heavy atom. The molecule has 0 amide bonds. The summed E-state index contributed by atoms with van der Waals surface area (Å²) in [5.41, 5.74) is 1.94. The van der Waals surface area contributed by atoms with Crippen LogP contribution in [-0.2, 0) is 4.74 Å². The number of nitrogens with zero attached hydrogens (tertiary/aromatic N) is 6. The van der Waals surface area contributed by atoms with Crippen molar-refractivity contribution < 1.29 is 9.84 Å². The molecule has 0 radical (unpaired) electrons. The van der Waals surface area contributed by atoms with Gasteiger partial charge < -0.3 is 20.1 Å². The summed E-state index contributed by atoms with van der Waals surface area (Å²) in [6.45, 7) is 3.54. The summed E-state index contributed by atoms with van der Waals surface area (Å²) < 4.78 is 5.44. The van der Waals surface area contributed by atoms with Gasteiger partial charge in [-0.25, -0.2) is 0 Å². The molecule has 2 saturated heterocycles. The number of hydrogen-bond donors (Lipinski definition) is 2. The Kier molecular flexibility index (Phi) is 4.82. The predicted octanol–water partition coefficient (Wildman–Crippen LogP) is 1.39. The molecule has 2 N–H and O–H groups in total. The van der Waals surface area contributed by atoms with Crippen LogP contribution in [0.1, 0.15) is 12.8 Å². The molecule has 0 saturated carbocycles. The van der Waals surface area contributed by atoms with E-state index in [1.165, 1.54) is 4.80 Å². The van der Waals surface area contributed by atoms with Crippen LogP contribution < -0.4 is 10.2 Å². The molecular formula is C20H23N7O2. The third-order valence-corrected chi connectivity index (χ3v) is 5.47. The number of anilines is 1. The maximum Gasteiger partial charge on any atom is 0.151 e. The number of benzene rings is 1. The summed E-state index contributed by atoms with van der Waals surface area (Å²) in [6, 6.07) is 10.0. The van der Waals surface area contributed by atoms with E-state index in [4.69, 9.17) is 4.74 Å². The van der Waals surface area contributed by atoms with Crippen molar-refractivity contribution in [3.63, 3.8) is 0 Å². The van der Waals surface area contributed by atoms with Gasteiger partial charge in [0.05, 0.1) is 30.4 Å². The molecule has 0 unspecified atom stereocenters. The van der Waals surface area contributed by atoms with Crippen LogP contribution in [-0.4, -0.2) is 68.7 Å². The molecule has 2 aliphatic heterocycles. The summed E-state index contributed by atoms with van der Waals surface area (Å²) in [6.07, 6.45) is 5.36. The summed E-state index contributed by atoms with van der Waals surface area (Å²) in [5.74, 6) is 0.976. The van der Waals surface area contributed by atoms with Gasteiger partial charge in [-0.05, 0) is 37.1 Å². The lowest BCUT2D eigenvalue weighted by molar-refractivity contribution is 0.188. The van der Waals surface area contributed by atoms with E-state index in [-0.39, 0.29) is 5.75 Å².